The lowest BCUT2D eigenvalue weighted by atomic mass is 9.62. The second-order valence-corrected chi connectivity index (χ2v) is 7.83. The summed E-state index contributed by atoms with van der Waals surface area (Å²) in [6, 6.07) is 2.11. The van der Waals surface area contributed by atoms with Crippen LogP contribution in [0.2, 0.25) is 0 Å². The van der Waals surface area contributed by atoms with Crippen molar-refractivity contribution in [3.05, 3.63) is 24.2 Å². The summed E-state index contributed by atoms with van der Waals surface area (Å²) in [6.07, 6.45) is 18.8. The number of hydrogen-bond acceptors (Lipinski definition) is 3. The molecule has 0 unspecified atom stereocenters. The first-order chi connectivity index (χ1) is 11.3. The zero-order valence-electron chi connectivity index (χ0n) is 14.5. The minimum absolute atomic E-state index is 0.506. The fraction of sp³-hybridized carbons (Fsp3) is 0.800. The monoisotopic (exact) mass is 319 g/mol. The maximum Gasteiger partial charge on any atom is 0.0934 e. The number of furan rings is 1. The van der Waals surface area contributed by atoms with Gasteiger partial charge >= 0.3 is 0 Å². The maximum absolute atomic E-state index is 5.97. The van der Waals surface area contributed by atoms with Gasteiger partial charge in [0.05, 0.1) is 18.6 Å². The maximum atomic E-state index is 5.97. The molecule has 1 aromatic heterocycles. The fourth-order valence-electron chi connectivity index (χ4n) is 4.59. The summed E-state index contributed by atoms with van der Waals surface area (Å²) < 4.78 is 11.1. The zero-order chi connectivity index (χ0) is 16.0. The number of ether oxygens (including phenoxy) is 1. The highest BCUT2D eigenvalue weighted by Crippen LogP contribution is 2.49. The highest BCUT2D eigenvalue weighted by atomic mass is 16.5. The molecule has 0 aromatic carbocycles. The average Bonchev–Trinajstić information content (AvgIpc) is 3.10. The SMILES string of the molecule is NCCCOC1CCC2(CCC(CCc3ccoc3)CC2)CC1. The van der Waals surface area contributed by atoms with Gasteiger partial charge in [-0.15, -0.1) is 0 Å². The Morgan fingerprint density at radius 3 is 2.52 bits per heavy atom. The van der Waals surface area contributed by atoms with E-state index in [4.69, 9.17) is 14.9 Å². The lowest BCUT2D eigenvalue weighted by Gasteiger charge is -2.45. The van der Waals surface area contributed by atoms with Crippen LogP contribution in [0.3, 0.4) is 0 Å². The summed E-state index contributed by atoms with van der Waals surface area (Å²) in [4.78, 5) is 0. The lowest BCUT2D eigenvalue weighted by Crippen LogP contribution is -2.34. The zero-order valence-corrected chi connectivity index (χ0v) is 14.5. The molecule has 2 fully saturated rings. The van der Waals surface area contributed by atoms with Crippen LogP contribution >= 0.6 is 0 Å². The van der Waals surface area contributed by atoms with Gasteiger partial charge in [-0.25, -0.2) is 0 Å². The molecule has 1 aromatic rings. The topological polar surface area (TPSA) is 48.4 Å². The third kappa shape index (κ3) is 4.84. The Kier molecular flexibility index (Phi) is 6.18. The van der Waals surface area contributed by atoms with Crippen molar-refractivity contribution in [2.24, 2.45) is 17.1 Å². The van der Waals surface area contributed by atoms with Crippen LogP contribution in [0, 0.1) is 11.3 Å². The average molecular weight is 319 g/mol. The molecule has 0 radical (unpaired) electrons. The molecule has 130 valence electrons. The van der Waals surface area contributed by atoms with E-state index >= 15 is 0 Å². The fourth-order valence-corrected chi connectivity index (χ4v) is 4.59. The van der Waals surface area contributed by atoms with Crippen LogP contribution in [0.5, 0.6) is 0 Å². The second-order valence-electron chi connectivity index (χ2n) is 7.83. The molecule has 1 spiro atoms. The van der Waals surface area contributed by atoms with E-state index in [2.05, 4.69) is 6.07 Å². The standard InChI is InChI=1S/C20H33NO2/c21-13-1-14-23-19-6-11-20(12-7-19)9-4-17(5-10-20)2-3-18-8-15-22-16-18/h8,15-17,19H,1-7,9-14,21H2. The van der Waals surface area contributed by atoms with E-state index in [1.165, 1.54) is 69.8 Å². The molecule has 3 heteroatoms. The highest BCUT2D eigenvalue weighted by Gasteiger charge is 2.38. The Morgan fingerprint density at radius 2 is 1.87 bits per heavy atom. The van der Waals surface area contributed by atoms with Crippen molar-refractivity contribution in [2.75, 3.05) is 13.2 Å². The van der Waals surface area contributed by atoms with Gasteiger partial charge in [-0.2, -0.15) is 0 Å². The van der Waals surface area contributed by atoms with E-state index in [1.54, 1.807) is 6.26 Å². The summed E-state index contributed by atoms with van der Waals surface area (Å²) >= 11 is 0. The highest BCUT2D eigenvalue weighted by molar-refractivity contribution is 5.05. The van der Waals surface area contributed by atoms with Gasteiger partial charge in [0.2, 0.25) is 0 Å². The first-order valence-corrected chi connectivity index (χ1v) is 9.62. The first-order valence-electron chi connectivity index (χ1n) is 9.62. The van der Waals surface area contributed by atoms with Crippen LogP contribution in [0.4, 0.5) is 0 Å². The molecule has 0 atom stereocenters. The third-order valence-corrected chi connectivity index (χ3v) is 6.28. The molecule has 2 N–H and O–H groups in total. The predicted octanol–water partition coefficient (Wildman–Crippen LogP) is 4.70. The van der Waals surface area contributed by atoms with Crippen molar-refractivity contribution >= 4 is 0 Å². The van der Waals surface area contributed by atoms with Crippen LogP contribution in [0.25, 0.3) is 0 Å². The van der Waals surface area contributed by atoms with Gasteiger partial charge in [0.1, 0.15) is 0 Å². The first kappa shape index (κ1) is 17.0. The molecule has 0 bridgehead atoms. The van der Waals surface area contributed by atoms with Crippen molar-refractivity contribution in [3.63, 3.8) is 0 Å². The van der Waals surface area contributed by atoms with Gasteiger partial charge in [-0.1, -0.05) is 0 Å². The smallest absolute Gasteiger partial charge is 0.0934 e. The van der Waals surface area contributed by atoms with Crippen LogP contribution in [-0.4, -0.2) is 19.3 Å². The molecule has 0 amide bonds. The largest absolute Gasteiger partial charge is 0.472 e. The van der Waals surface area contributed by atoms with Gasteiger partial charge < -0.3 is 14.9 Å². The summed E-state index contributed by atoms with van der Waals surface area (Å²) in [6.45, 7) is 1.60. The number of rotatable bonds is 7. The molecular weight excluding hydrogens is 286 g/mol. The predicted molar refractivity (Wildman–Crippen MR) is 93.3 cm³/mol. The van der Waals surface area contributed by atoms with Gasteiger partial charge in [0, 0.05) is 6.61 Å². The Labute approximate surface area is 141 Å². The van der Waals surface area contributed by atoms with Gasteiger partial charge in [-0.3, -0.25) is 0 Å². The van der Waals surface area contributed by atoms with Crippen molar-refractivity contribution in [2.45, 2.75) is 76.7 Å². The van der Waals surface area contributed by atoms with E-state index in [9.17, 15) is 0 Å². The quantitative estimate of drug-likeness (QED) is 0.741. The number of hydrogen-bond donors (Lipinski definition) is 1. The minimum Gasteiger partial charge on any atom is -0.472 e. The summed E-state index contributed by atoms with van der Waals surface area (Å²) in [5.41, 5.74) is 7.55. The molecule has 0 saturated heterocycles. The van der Waals surface area contributed by atoms with Gasteiger partial charge in [0.15, 0.2) is 0 Å². The van der Waals surface area contributed by atoms with E-state index in [1.807, 2.05) is 6.26 Å². The van der Waals surface area contributed by atoms with E-state index in [0.29, 0.717) is 11.5 Å². The van der Waals surface area contributed by atoms with Crippen molar-refractivity contribution < 1.29 is 9.15 Å². The van der Waals surface area contributed by atoms with Crippen molar-refractivity contribution in [1.29, 1.82) is 0 Å². The normalized spacial score (nSPS) is 31.5. The molecule has 1 heterocycles. The van der Waals surface area contributed by atoms with Gasteiger partial charge in [0.25, 0.3) is 0 Å². The number of nitrogens with two attached hydrogens (primary N) is 1. The molecule has 3 rings (SSSR count). The van der Waals surface area contributed by atoms with Gasteiger partial charge in [-0.05, 0) is 100 Å². The molecule has 2 saturated carbocycles. The summed E-state index contributed by atoms with van der Waals surface area (Å²) in [5, 5.41) is 0. The van der Waals surface area contributed by atoms with E-state index in [0.717, 1.165) is 25.5 Å². The molecular formula is C20H33NO2. The van der Waals surface area contributed by atoms with Crippen LogP contribution < -0.4 is 5.73 Å². The molecule has 3 nitrogen and oxygen atoms in total. The molecule has 0 aliphatic heterocycles. The van der Waals surface area contributed by atoms with Crippen molar-refractivity contribution in [1.82, 2.24) is 0 Å². The second kappa shape index (κ2) is 8.34. The van der Waals surface area contributed by atoms with Crippen LogP contribution in [-0.2, 0) is 11.2 Å². The minimum atomic E-state index is 0.506. The lowest BCUT2D eigenvalue weighted by molar-refractivity contribution is -0.0191. The van der Waals surface area contributed by atoms with E-state index in [-0.39, 0.29) is 0 Å². The Bertz CT molecular complexity index is 425. The summed E-state index contributed by atoms with van der Waals surface area (Å²) in [7, 11) is 0. The number of aryl methyl sites for hydroxylation is 1. The Balaban J connectivity index is 1.35. The third-order valence-electron chi connectivity index (χ3n) is 6.28. The van der Waals surface area contributed by atoms with E-state index < -0.39 is 0 Å². The molecule has 2 aliphatic carbocycles. The Morgan fingerprint density at radius 1 is 1.13 bits per heavy atom. The Hall–Kier alpha value is -0.800. The van der Waals surface area contributed by atoms with Crippen LogP contribution in [0.15, 0.2) is 23.0 Å². The summed E-state index contributed by atoms with van der Waals surface area (Å²) in [5.74, 6) is 0.925. The molecule has 2 aliphatic rings. The van der Waals surface area contributed by atoms with Crippen molar-refractivity contribution in [3.8, 4) is 0 Å². The van der Waals surface area contributed by atoms with Crippen LogP contribution in [0.1, 0.15) is 69.8 Å². The molecule has 23 heavy (non-hydrogen) atoms.